The van der Waals surface area contributed by atoms with Gasteiger partial charge in [-0.25, -0.2) is 0 Å². The quantitative estimate of drug-likeness (QED) is 0.770. The van der Waals surface area contributed by atoms with Crippen LogP contribution >= 0.6 is 11.6 Å². The maximum Gasteiger partial charge on any atom is 0.320 e. The summed E-state index contributed by atoms with van der Waals surface area (Å²) in [5.41, 5.74) is 0.965. The number of esters is 1. The van der Waals surface area contributed by atoms with E-state index in [1.165, 1.54) is 0 Å². The van der Waals surface area contributed by atoms with E-state index < -0.39 is 0 Å². The lowest BCUT2D eigenvalue weighted by atomic mass is 10.1. The first-order valence-corrected chi connectivity index (χ1v) is 8.36. The summed E-state index contributed by atoms with van der Waals surface area (Å²) >= 11 is 5.86. The van der Waals surface area contributed by atoms with Gasteiger partial charge in [0, 0.05) is 31.2 Å². The largest absolute Gasteiger partial charge is 0.465 e. The van der Waals surface area contributed by atoms with Crippen molar-refractivity contribution in [1.82, 2.24) is 9.80 Å². The van der Waals surface area contributed by atoms with Gasteiger partial charge in [-0.2, -0.15) is 0 Å². The number of carbonyl (C=O) groups is 2. The molecular formula is C17H23ClN2O3. The highest BCUT2D eigenvalue weighted by atomic mass is 35.5. The van der Waals surface area contributed by atoms with Crippen molar-refractivity contribution < 1.29 is 14.3 Å². The molecule has 0 bridgehead atoms. The summed E-state index contributed by atoms with van der Waals surface area (Å²) in [5.74, 6) is -0.0845. The number of halogens is 1. The van der Waals surface area contributed by atoms with Crippen LogP contribution in [-0.2, 0) is 20.7 Å². The van der Waals surface area contributed by atoms with Crippen molar-refractivity contribution in [2.24, 2.45) is 0 Å². The van der Waals surface area contributed by atoms with Crippen molar-refractivity contribution in [1.29, 1.82) is 0 Å². The molecule has 0 radical (unpaired) electrons. The van der Waals surface area contributed by atoms with Crippen LogP contribution in [0.3, 0.4) is 0 Å². The fourth-order valence-electron chi connectivity index (χ4n) is 2.66. The Kier molecular flexibility index (Phi) is 6.86. The summed E-state index contributed by atoms with van der Waals surface area (Å²) in [5, 5.41) is 0.672. The lowest BCUT2D eigenvalue weighted by molar-refractivity contribution is -0.144. The second-order valence-electron chi connectivity index (χ2n) is 5.62. The minimum absolute atomic E-state index is 0.116. The van der Waals surface area contributed by atoms with Gasteiger partial charge < -0.3 is 9.64 Å². The van der Waals surface area contributed by atoms with Gasteiger partial charge in [0.05, 0.1) is 19.6 Å². The molecule has 23 heavy (non-hydrogen) atoms. The van der Waals surface area contributed by atoms with Crippen LogP contribution < -0.4 is 0 Å². The van der Waals surface area contributed by atoms with Crippen molar-refractivity contribution in [3.63, 3.8) is 0 Å². The van der Waals surface area contributed by atoms with Gasteiger partial charge in [-0.05, 0) is 31.0 Å². The highest BCUT2D eigenvalue weighted by Gasteiger charge is 2.20. The molecule has 1 fully saturated rings. The molecule has 1 heterocycles. The highest BCUT2D eigenvalue weighted by molar-refractivity contribution is 6.30. The van der Waals surface area contributed by atoms with E-state index in [2.05, 4.69) is 0 Å². The Hall–Kier alpha value is -1.59. The summed E-state index contributed by atoms with van der Waals surface area (Å²) in [4.78, 5) is 27.9. The molecule has 0 atom stereocenters. The zero-order valence-corrected chi connectivity index (χ0v) is 14.2. The maximum atomic E-state index is 12.4. The molecule has 1 saturated heterocycles. The van der Waals surface area contributed by atoms with Crippen LogP contribution in [0.25, 0.3) is 0 Å². The fourth-order valence-corrected chi connectivity index (χ4v) is 2.78. The van der Waals surface area contributed by atoms with Crippen LogP contribution in [0.15, 0.2) is 24.3 Å². The lowest BCUT2D eigenvalue weighted by Crippen LogP contribution is -2.37. The summed E-state index contributed by atoms with van der Waals surface area (Å²) in [6.07, 6.45) is 1.25. The van der Waals surface area contributed by atoms with Crippen molar-refractivity contribution in [3.05, 3.63) is 34.9 Å². The SMILES string of the molecule is CCOC(=O)CN1CCCN(C(=O)Cc2ccc(Cl)cc2)CC1. The third kappa shape index (κ3) is 5.84. The monoisotopic (exact) mass is 338 g/mol. The summed E-state index contributed by atoms with van der Waals surface area (Å²) in [6, 6.07) is 7.36. The number of ether oxygens (including phenoxy) is 1. The van der Waals surface area contributed by atoms with Crippen molar-refractivity contribution in [2.75, 3.05) is 39.3 Å². The first kappa shape index (κ1) is 17.8. The van der Waals surface area contributed by atoms with Gasteiger partial charge in [0.15, 0.2) is 0 Å². The predicted molar refractivity (Wildman–Crippen MR) is 89.4 cm³/mol. The summed E-state index contributed by atoms with van der Waals surface area (Å²) in [7, 11) is 0. The molecular weight excluding hydrogens is 316 g/mol. The van der Waals surface area contributed by atoms with Gasteiger partial charge in [-0.15, -0.1) is 0 Å². The Labute approximate surface area is 142 Å². The fraction of sp³-hybridized carbons (Fsp3) is 0.529. The van der Waals surface area contributed by atoms with Crippen LogP contribution in [0, 0.1) is 0 Å². The Morgan fingerprint density at radius 1 is 1.13 bits per heavy atom. The van der Waals surface area contributed by atoms with Crippen LogP contribution in [0.4, 0.5) is 0 Å². The normalized spacial score (nSPS) is 16.0. The number of hydrogen-bond donors (Lipinski definition) is 0. The number of amides is 1. The Balaban J connectivity index is 1.83. The number of hydrogen-bond acceptors (Lipinski definition) is 4. The molecule has 0 unspecified atom stereocenters. The van der Waals surface area contributed by atoms with Crippen LogP contribution in [-0.4, -0.2) is 61.0 Å². The third-order valence-electron chi connectivity index (χ3n) is 3.87. The number of nitrogens with zero attached hydrogens (tertiary/aromatic N) is 2. The molecule has 1 amide bonds. The number of rotatable bonds is 5. The van der Waals surface area contributed by atoms with E-state index in [1.54, 1.807) is 19.1 Å². The molecule has 1 aromatic carbocycles. The standard InChI is InChI=1S/C17H23ClN2O3/c1-2-23-17(22)13-19-8-3-9-20(11-10-19)16(21)12-14-4-6-15(18)7-5-14/h4-7H,2-3,8-13H2,1H3. The minimum atomic E-state index is -0.201. The summed E-state index contributed by atoms with van der Waals surface area (Å²) in [6.45, 7) is 5.38. The molecule has 2 rings (SSSR count). The second kappa shape index (κ2) is 8.89. The molecule has 1 aliphatic rings. The molecule has 0 spiro atoms. The van der Waals surface area contributed by atoms with E-state index in [9.17, 15) is 9.59 Å². The Bertz CT molecular complexity index is 533. The highest BCUT2D eigenvalue weighted by Crippen LogP contribution is 2.12. The number of carbonyl (C=O) groups excluding carboxylic acids is 2. The second-order valence-corrected chi connectivity index (χ2v) is 6.06. The van der Waals surface area contributed by atoms with Crippen LogP contribution in [0.1, 0.15) is 18.9 Å². The minimum Gasteiger partial charge on any atom is -0.465 e. The van der Waals surface area contributed by atoms with E-state index in [0.717, 1.165) is 25.1 Å². The molecule has 1 aromatic rings. The third-order valence-corrected chi connectivity index (χ3v) is 4.12. The lowest BCUT2D eigenvalue weighted by Gasteiger charge is -2.21. The van der Waals surface area contributed by atoms with Gasteiger partial charge in [-0.3, -0.25) is 14.5 Å². The van der Waals surface area contributed by atoms with Gasteiger partial charge in [0.2, 0.25) is 5.91 Å². The zero-order chi connectivity index (χ0) is 16.7. The molecule has 0 N–H and O–H groups in total. The van der Waals surface area contributed by atoms with Gasteiger partial charge in [-0.1, -0.05) is 23.7 Å². The molecule has 126 valence electrons. The molecule has 0 saturated carbocycles. The Morgan fingerprint density at radius 2 is 1.87 bits per heavy atom. The van der Waals surface area contributed by atoms with E-state index in [0.29, 0.717) is 37.7 Å². The summed E-state index contributed by atoms with van der Waals surface area (Å²) < 4.78 is 4.98. The smallest absolute Gasteiger partial charge is 0.320 e. The molecule has 6 heteroatoms. The van der Waals surface area contributed by atoms with Crippen LogP contribution in [0.2, 0.25) is 5.02 Å². The maximum absolute atomic E-state index is 12.4. The van der Waals surface area contributed by atoms with Gasteiger partial charge >= 0.3 is 5.97 Å². The van der Waals surface area contributed by atoms with Gasteiger partial charge in [0.25, 0.3) is 0 Å². The predicted octanol–water partition coefficient (Wildman–Crippen LogP) is 1.98. The molecule has 0 aromatic heterocycles. The average molecular weight is 339 g/mol. The van der Waals surface area contributed by atoms with Crippen molar-refractivity contribution >= 4 is 23.5 Å². The van der Waals surface area contributed by atoms with Gasteiger partial charge in [0.1, 0.15) is 0 Å². The molecule has 1 aliphatic heterocycles. The first-order valence-electron chi connectivity index (χ1n) is 7.98. The van der Waals surface area contributed by atoms with E-state index in [-0.39, 0.29) is 11.9 Å². The van der Waals surface area contributed by atoms with Crippen LogP contribution in [0.5, 0.6) is 0 Å². The molecule has 0 aliphatic carbocycles. The van der Waals surface area contributed by atoms with E-state index in [1.807, 2.05) is 21.9 Å². The molecule has 5 nitrogen and oxygen atoms in total. The van der Waals surface area contributed by atoms with E-state index in [4.69, 9.17) is 16.3 Å². The van der Waals surface area contributed by atoms with Crippen molar-refractivity contribution in [2.45, 2.75) is 19.8 Å². The average Bonchev–Trinajstić information content (AvgIpc) is 2.75. The zero-order valence-electron chi connectivity index (χ0n) is 13.5. The van der Waals surface area contributed by atoms with Crippen molar-refractivity contribution in [3.8, 4) is 0 Å². The Morgan fingerprint density at radius 3 is 2.57 bits per heavy atom. The number of benzene rings is 1. The first-order chi connectivity index (χ1) is 11.1. The van der Waals surface area contributed by atoms with E-state index >= 15 is 0 Å². The topological polar surface area (TPSA) is 49.9 Å².